The van der Waals surface area contributed by atoms with Crippen LogP contribution in [0.3, 0.4) is 0 Å². The highest BCUT2D eigenvalue weighted by Gasteiger charge is 2.05. The number of benzene rings is 3. The Labute approximate surface area is 173 Å². The molecule has 0 aliphatic carbocycles. The second-order valence-electron chi connectivity index (χ2n) is 7.02. The number of para-hydroxylation sites is 2. The van der Waals surface area contributed by atoms with Gasteiger partial charge in [-0.25, -0.2) is 15.0 Å². The number of fused-ring (bicyclic) bond motifs is 1. The molecule has 0 unspecified atom stereocenters. The Bertz CT molecular complexity index is 1310. The highest BCUT2D eigenvalue weighted by atomic mass is 16.3. The molecule has 146 valence electrons. The number of nitrogens with one attached hydrogen (secondary N) is 1. The van der Waals surface area contributed by atoms with Crippen LogP contribution in [0.5, 0.6) is 5.75 Å². The number of phenols is 1. The minimum absolute atomic E-state index is 0.230. The molecule has 5 aromatic rings. The number of imidazole rings is 1. The van der Waals surface area contributed by atoms with E-state index in [1.807, 2.05) is 54.9 Å². The Morgan fingerprint density at radius 2 is 1.70 bits per heavy atom. The lowest BCUT2D eigenvalue weighted by atomic mass is 10.1. The van der Waals surface area contributed by atoms with Crippen LogP contribution in [0, 0.1) is 0 Å². The Hall–Kier alpha value is -4.19. The van der Waals surface area contributed by atoms with Gasteiger partial charge < -0.3 is 15.0 Å². The quantitative estimate of drug-likeness (QED) is 0.440. The van der Waals surface area contributed by atoms with Crippen LogP contribution in [-0.2, 0) is 6.54 Å². The van der Waals surface area contributed by atoms with E-state index in [0.29, 0.717) is 5.82 Å². The molecule has 0 aliphatic rings. The molecule has 2 heterocycles. The highest BCUT2D eigenvalue weighted by molar-refractivity contribution is 5.75. The first-order valence-electron chi connectivity index (χ1n) is 9.62. The maximum atomic E-state index is 9.48. The second kappa shape index (κ2) is 7.67. The molecule has 0 bridgehead atoms. The van der Waals surface area contributed by atoms with Crippen molar-refractivity contribution in [3.63, 3.8) is 0 Å². The fourth-order valence-electron chi connectivity index (χ4n) is 3.44. The zero-order valence-corrected chi connectivity index (χ0v) is 16.1. The highest BCUT2D eigenvalue weighted by Crippen LogP contribution is 2.23. The number of rotatable bonds is 5. The average molecular weight is 393 g/mol. The molecule has 0 amide bonds. The number of aromatic nitrogens is 4. The molecular weight excluding hydrogens is 374 g/mol. The number of aromatic hydroxyl groups is 1. The SMILES string of the molecule is Oc1ccc(-c2cc(Nc3cccc(Cn4cnc5ccccc54)c3)ncn2)cc1. The third-order valence-corrected chi connectivity index (χ3v) is 4.91. The first-order valence-corrected chi connectivity index (χ1v) is 9.62. The summed E-state index contributed by atoms with van der Waals surface area (Å²) in [5, 5.41) is 12.8. The Morgan fingerprint density at radius 3 is 2.60 bits per heavy atom. The molecule has 0 saturated carbocycles. The Morgan fingerprint density at radius 1 is 0.833 bits per heavy atom. The van der Waals surface area contributed by atoms with Crippen molar-refractivity contribution in [2.24, 2.45) is 0 Å². The fourth-order valence-corrected chi connectivity index (χ4v) is 3.44. The third kappa shape index (κ3) is 3.71. The van der Waals surface area contributed by atoms with Gasteiger partial charge in [0.2, 0.25) is 0 Å². The van der Waals surface area contributed by atoms with Gasteiger partial charge in [0.15, 0.2) is 0 Å². The van der Waals surface area contributed by atoms with Crippen LogP contribution in [0.2, 0.25) is 0 Å². The molecule has 0 fully saturated rings. The maximum absolute atomic E-state index is 9.48. The van der Waals surface area contributed by atoms with Crippen molar-refractivity contribution >= 4 is 22.5 Å². The van der Waals surface area contributed by atoms with Crippen LogP contribution in [-0.4, -0.2) is 24.6 Å². The molecule has 0 spiro atoms. The van der Waals surface area contributed by atoms with Gasteiger partial charge in [-0.05, 0) is 54.1 Å². The average Bonchev–Trinajstić information content (AvgIpc) is 3.18. The maximum Gasteiger partial charge on any atom is 0.134 e. The summed E-state index contributed by atoms with van der Waals surface area (Å²) >= 11 is 0. The Kier molecular flexibility index (Phi) is 4.57. The lowest BCUT2D eigenvalue weighted by Crippen LogP contribution is -2.00. The van der Waals surface area contributed by atoms with Gasteiger partial charge in [-0.3, -0.25) is 0 Å². The van der Waals surface area contributed by atoms with Crippen LogP contribution in [0.15, 0.2) is 91.5 Å². The molecule has 2 N–H and O–H groups in total. The van der Waals surface area contributed by atoms with Gasteiger partial charge in [-0.1, -0.05) is 24.3 Å². The number of nitrogens with zero attached hydrogens (tertiary/aromatic N) is 4. The lowest BCUT2D eigenvalue weighted by Gasteiger charge is -2.10. The molecule has 0 aliphatic heterocycles. The molecule has 0 saturated heterocycles. The van der Waals surface area contributed by atoms with Crippen LogP contribution < -0.4 is 5.32 Å². The Balaban J connectivity index is 1.37. The van der Waals surface area contributed by atoms with Gasteiger partial charge in [0.05, 0.1) is 23.1 Å². The van der Waals surface area contributed by atoms with E-state index in [-0.39, 0.29) is 5.75 Å². The van der Waals surface area contributed by atoms with E-state index in [9.17, 15) is 5.11 Å². The molecule has 30 heavy (non-hydrogen) atoms. The predicted molar refractivity (Wildman–Crippen MR) is 118 cm³/mol. The minimum atomic E-state index is 0.230. The van der Waals surface area contributed by atoms with Crippen molar-refractivity contribution in [1.82, 2.24) is 19.5 Å². The third-order valence-electron chi connectivity index (χ3n) is 4.91. The minimum Gasteiger partial charge on any atom is -0.508 e. The molecule has 6 heteroatoms. The molecule has 0 radical (unpaired) electrons. The van der Waals surface area contributed by atoms with Crippen molar-refractivity contribution in [2.45, 2.75) is 6.54 Å². The molecule has 5 rings (SSSR count). The van der Waals surface area contributed by atoms with E-state index in [1.54, 1.807) is 12.1 Å². The summed E-state index contributed by atoms with van der Waals surface area (Å²) in [6, 6.07) is 25.2. The van der Waals surface area contributed by atoms with Crippen LogP contribution in [0.25, 0.3) is 22.3 Å². The standard InChI is InChI=1S/C24H19N5O/c30-20-10-8-18(9-11-20)22-13-24(26-15-25-22)28-19-5-3-4-17(12-19)14-29-16-27-21-6-1-2-7-23(21)29/h1-13,15-16,30H,14H2,(H,25,26,28). The fraction of sp³-hybridized carbons (Fsp3) is 0.0417. The second-order valence-corrected chi connectivity index (χ2v) is 7.02. The molecule has 3 aromatic carbocycles. The first-order chi connectivity index (χ1) is 14.7. The number of hydrogen-bond donors (Lipinski definition) is 2. The zero-order valence-electron chi connectivity index (χ0n) is 16.1. The van der Waals surface area contributed by atoms with Gasteiger partial charge in [0.25, 0.3) is 0 Å². The van der Waals surface area contributed by atoms with Crippen molar-refractivity contribution in [3.8, 4) is 17.0 Å². The predicted octanol–water partition coefficient (Wildman–Crippen LogP) is 4.99. The van der Waals surface area contributed by atoms with Crippen molar-refractivity contribution in [2.75, 3.05) is 5.32 Å². The number of phenolic OH excluding ortho intramolecular Hbond substituents is 1. The van der Waals surface area contributed by atoms with E-state index >= 15 is 0 Å². The van der Waals surface area contributed by atoms with Crippen molar-refractivity contribution in [1.29, 1.82) is 0 Å². The lowest BCUT2D eigenvalue weighted by molar-refractivity contribution is 0.475. The van der Waals surface area contributed by atoms with Gasteiger partial charge in [0.1, 0.15) is 17.9 Å². The topological polar surface area (TPSA) is 75.9 Å². The largest absolute Gasteiger partial charge is 0.508 e. The van der Waals surface area contributed by atoms with Crippen LogP contribution >= 0.6 is 0 Å². The van der Waals surface area contributed by atoms with E-state index in [0.717, 1.165) is 40.1 Å². The van der Waals surface area contributed by atoms with Gasteiger partial charge in [-0.2, -0.15) is 0 Å². The summed E-state index contributed by atoms with van der Waals surface area (Å²) in [5.74, 6) is 0.937. The normalized spacial score (nSPS) is 10.9. The zero-order chi connectivity index (χ0) is 20.3. The van der Waals surface area contributed by atoms with Gasteiger partial charge in [-0.15, -0.1) is 0 Å². The van der Waals surface area contributed by atoms with E-state index in [1.165, 1.54) is 6.33 Å². The summed E-state index contributed by atoms with van der Waals surface area (Å²) in [4.78, 5) is 13.1. The van der Waals surface area contributed by atoms with Gasteiger partial charge >= 0.3 is 0 Å². The molecule has 6 nitrogen and oxygen atoms in total. The van der Waals surface area contributed by atoms with Crippen molar-refractivity contribution < 1.29 is 5.11 Å². The molecule has 2 aromatic heterocycles. The smallest absolute Gasteiger partial charge is 0.134 e. The van der Waals surface area contributed by atoms with Crippen LogP contribution in [0.4, 0.5) is 11.5 Å². The van der Waals surface area contributed by atoms with E-state index in [4.69, 9.17) is 0 Å². The van der Waals surface area contributed by atoms with E-state index < -0.39 is 0 Å². The first kappa shape index (κ1) is 17.9. The molecular formula is C24H19N5O. The summed E-state index contributed by atoms with van der Waals surface area (Å²) in [6.45, 7) is 0.735. The summed E-state index contributed by atoms with van der Waals surface area (Å²) in [5.41, 5.74) is 5.93. The summed E-state index contributed by atoms with van der Waals surface area (Å²) in [7, 11) is 0. The van der Waals surface area contributed by atoms with E-state index in [2.05, 4.69) is 43.0 Å². The summed E-state index contributed by atoms with van der Waals surface area (Å²) in [6.07, 6.45) is 3.41. The molecule has 0 atom stereocenters. The monoisotopic (exact) mass is 393 g/mol. The van der Waals surface area contributed by atoms with Gasteiger partial charge in [0, 0.05) is 23.9 Å². The summed E-state index contributed by atoms with van der Waals surface area (Å²) < 4.78 is 2.14. The van der Waals surface area contributed by atoms with Crippen molar-refractivity contribution in [3.05, 3.63) is 97.1 Å². The van der Waals surface area contributed by atoms with Crippen LogP contribution in [0.1, 0.15) is 5.56 Å². The number of hydrogen-bond acceptors (Lipinski definition) is 5. The number of anilines is 2.